The SMILES string of the molecule is COc1cc(C(=O)N2Cc3cccnc3Oc3ccccc32)ccc1C(=O)O. The van der Waals surface area contributed by atoms with Crippen molar-refractivity contribution in [3.05, 3.63) is 77.5 Å². The van der Waals surface area contributed by atoms with Crippen LogP contribution < -0.4 is 14.4 Å². The second-order valence-corrected chi connectivity index (χ2v) is 6.15. The molecule has 28 heavy (non-hydrogen) atoms. The number of rotatable bonds is 3. The molecule has 7 nitrogen and oxygen atoms in total. The molecular weight excluding hydrogens is 360 g/mol. The molecule has 0 unspecified atom stereocenters. The molecule has 1 aromatic heterocycles. The van der Waals surface area contributed by atoms with Crippen LogP contribution in [0.1, 0.15) is 26.3 Å². The zero-order valence-electron chi connectivity index (χ0n) is 15.0. The first kappa shape index (κ1) is 17.5. The van der Waals surface area contributed by atoms with Crippen molar-refractivity contribution in [2.24, 2.45) is 0 Å². The van der Waals surface area contributed by atoms with E-state index in [1.165, 1.54) is 25.3 Å². The number of carboxylic acids is 1. The topological polar surface area (TPSA) is 89.0 Å². The van der Waals surface area contributed by atoms with Crippen molar-refractivity contribution in [1.82, 2.24) is 4.98 Å². The molecule has 1 amide bonds. The highest BCUT2D eigenvalue weighted by Gasteiger charge is 2.27. The van der Waals surface area contributed by atoms with Crippen molar-refractivity contribution < 1.29 is 24.2 Å². The molecule has 1 N–H and O–H groups in total. The van der Waals surface area contributed by atoms with E-state index in [-0.39, 0.29) is 23.8 Å². The minimum atomic E-state index is -1.12. The van der Waals surface area contributed by atoms with Crippen LogP contribution in [0.2, 0.25) is 0 Å². The number of carboxylic acid groups (broad SMARTS) is 1. The number of para-hydroxylation sites is 2. The summed E-state index contributed by atoms with van der Waals surface area (Å²) in [7, 11) is 1.37. The molecule has 4 rings (SSSR count). The van der Waals surface area contributed by atoms with Gasteiger partial charge in [-0.25, -0.2) is 9.78 Å². The minimum absolute atomic E-state index is 0.00630. The van der Waals surface area contributed by atoms with E-state index in [1.54, 1.807) is 29.3 Å². The van der Waals surface area contributed by atoms with Crippen molar-refractivity contribution in [3.8, 4) is 17.4 Å². The van der Waals surface area contributed by atoms with Crippen LogP contribution >= 0.6 is 0 Å². The third-order valence-corrected chi connectivity index (χ3v) is 4.47. The second-order valence-electron chi connectivity index (χ2n) is 6.15. The molecule has 0 radical (unpaired) electrons. The second kappa shape index (κ2) is 7.03. The Morgan fingerprint density at radius 1 is 1.14 bits per heavy atom. The van der Waals surface area contributed by atoms with Gasteiger partial charge in [0.15, 0.2) is 5.75 Å². The molecule has 0 saturated heterocycles. The number of carbonyl (C=O) groups is 2. The number of nitrogens with zero attached hydrogens (tertiary/aromatic N) is 2. The van der Waals surface area contributed by atoms with E-state index in [9.17, 15) is 14.7 Å². The van der Waals surface area contributed by atoms with Crippen molar-refractivity contribution in [1.29, 1.82) is 0 Å². The molecule has 0 aliphatic carbocycles. The van der Waals surface area contributed by atoms with E-state index in [2.05, 4.69) is 4.98 Å². The van der Waals surface area contributed by atoms with Crippen LogP contribution in [0.15, 0.2) is 60.8 Å². The number of fused-ring (bicyclic) bond motifs is 2. The fraction of sp³-hybridized carbons (Fsp3) is 0.0952. The van der Waals surface area contributed by atoms with Gasteiger partial charge in [-0.05, 0) is 36.4 Å². The van der Waals surface area contributed by atoms with E-state index in [1.807, 2.05) is 18.2 Å². The van der Waals surface area contributed by atoms with E-state index in [4.69, 9.17) is 9.47 Å². The number of hydrogen-bond acceptors (Lipinski definition) is 5. The van der Waals surface area contributed by atoms with E-state index in [0.29, 0.717) is 22.9 Å². The predicted molar refractivity (Wildman–Crippen MR) is 101 cm³/mol. The third kappa shape index (κ3) is 3.03. The number of ether oxygens (including phenoxy) is 2. The highest BCUT2D eigenvalue weighted by atomic mass is 16.5. The van der Waals surface area contributed by atoms with Crippen molar-refractivity contribution >= 4 is 17.6 Å². The van der Waals surface area contributed by atoms with Gasteiger partial charge in [-0.3, -0.25) is 4.79 Å². The lowest BCUT2D eigenvalue weighted by Crippen LogP contribution is -2.30. The molecule has 0 bridgehead atoms. The average molecular weight is 376 g/mol. The number of aromatic nitrogens is 1. The minimum Gasteiger partial charge on any atom is -0.496 e. The lowest BCUT2D eigenvalue weighted by Gasteiger charge is -2.22. The van der Waals surface area contributed by atoms with E-state index < -0.39 is 5.97 Å². The van der Waals surface area contributed by atoms with Gasteiger partial charge < -0.3 is 19.5 Å². The molecule has 1 aliphatic heterocycles. The smallest absolute Gasteiger partial charge is 0.339 e. The van der Waals surface area contributed by atoms with Crippen LogP contribution in [-0.2, 0) is 6.54 Å². The summed E-state index contributed by atoms with van der Waals surface area (Å²) in [6, 6.07) is 15.1. The number of amides is 1. The third-order valence-electron chi connectivity index (χ3n) is 4.47. The summed E-state index contributed by atoms with van der Waals surface area (Å²) in [5.74, 6) is -0.335. The van der Waals surface area contributed by atoms with Gasteiger partial charge in [0.1, 0.15) is 11.3 Å². The highest BCUT2D eigenvalue weighted by molar-refractivity contribution is 6.08. The van der Waals surface area contributed by atoms with Gasteiger partial charge in [0.05, 0.1) is 19.3 Å². The number of anilines is 1. The van der Waals surface area contributed by atoms with Gasteiger partial charge in [-0.1, -0.05) is 18.2 Å². The Labute approximate surface area is 160 Å². The highest BCUT2D eigenvalue weighted by Crippen LogP contribution is 2.38. The first-order valence-electron chi connectivity index (χ1n) is 8.52. The fourth-order valence-electron chi connectivity index (χ4n) is 3.10. The Bertz CT molecular complexity index is 1080. The Balaban J connectivity index is 1.79. The summed E-state index contributed by atoms with van der Waals surface area (Å²) in [6.45, 7) is 0.266. The summed E-state index contributed by atoms with van der Waals surface area (Å²) >= 11 is 0. The Kier molecular flexibility index (Phi) is 4.41. The van der Waals surface area contributed by atoms with Gasteiger partial charge in [-0.2, -0.15) is 0 Å². The molecule has 0 atom stereocenters. The molecule has 1 aliphatic rings. The zero-order chi connectivity index (χ0) is 19.7. The lowest BCUT2D eigenvalue weighted by molar-refractivity contribution is 0.0692. The van der Waals surface area contributed by atoms with Crippen LogP contribution in [0.3, 0.4) is 0 Å². The Morgan fingerprint density at radius 2 is 1.96 bits per heavy atom. The molecule has 0 fully saturated rings. The van der Waals surface area contributed by atoms with Crippen LogP contribution in [-0.4, -0.2) is 29.1 Å². The fourth-order valence-corrected chi connectivity index (χ4v) is 3.10. The predicted octanol–water partition coefficient (Wildman–Crippen LogP) is 3.74. The molecule has 2 heterocycles. The summed E-state index contributed by atoms with van der Waals surface area (Å²) in [4.78, 5) is 30.5. The van der Waals surface area contributed by atoms with Gasteiger partial charge in [0.25, 0.3) is 5.91 Å². The van der Waals surface area contributed by atoms with Crippen LogP contribution in [0.25, 0.3) is 0 Å². The lowest BCUT2D eigenvalue weighted by atomic mass is 10.1. The number of aromatic carboxylic acids is 1. The number of benzene rings is 2. The number of carbonyl (C=O) groups excluding carboxylic acids is 1. The van der Waals surface area contributed by atoms with Gasteiger partial charge in [-0.15, -0.1) is 0 Å². The molecule has 0 spiro atoms. The molecule has 3 aromatic rings. The summed E-state index contributed by atoms with van der Waals surface area (Å²) < 4.78 is 11.1. The van der Waals surface area contributed by atoms with Gasteiger partial charge in [0, 0.05) is 17.3 Å². The van der Waals surface area contributed by atoms with Gasteiger partial charge >= 0.3 is 5.97 Å². The normalized spacial score (nSPS) is 12.2. The van der Waals surface area contributed by atoms with Crippen molar-refractivity contribution in [2.45, 2.75) is 6.54 Å². The van der Waals surface area contributed by atoms with Crippen LogP contribution in [0.4, 0.5) is 5.69 Å². The average Bonchev–Trinajstić information content (AvgIpc) is 2.89. The van der Waals surface area contributed by atoms with Crippen molar-refractivity contribution in [2.75, 3.05) is 12.0 Å². The molecule has 0 saturated carbocycles. The van der Waals surface area contributed by atoms with E-state index >= 15 is 0 Å². The Hall–Kier alpha value is -3.87. The monoisotopic (exact) mass is 376 g/mol. The largest absolute Gasteiger partial charge is 0.496 e. The van der Waals surface area contributed by atoms with E-state index in [0.717, 1.165) is 5.56 Å². The van der Waals surface area contributed by atoms with Crippen LogP contribution in [0.5, 0.6) is 17.4 Å². The summed E-state index contributed by atoms with van der Waals surface area (Å²) in [6.07, 6.45) is 1.63. The molecular formula is C21H16N2O5. The summed E-state index contributed by atoms with van der Waals surface area (Å²) in [5, 5.41) is 9.25. The maximum Gasteiger partial charge on any atom is 0.339 e. The summed E-state index contributed by atoms with van der Waals surface area (Å²) in [5.41, 5.74) is 1.67. The van der Waals surface area contributed by atoms with Crippen LogP contribution in [0, 0.1) is 0 Å². The first-order valence-corrected chi connectivity index (χ1v) is 8.52. The zero-order valence-corrected chi connectivity index (χ0v) is 15.0. The number of pyridine rings is 1. The first-order chi connectivity index (χ1) is 13.6. The number of hydrogen-bond donors (Lipinski definition) is 1. The molecule has 7 heteroatoms. The quantitative estimate of drug-likeness (QED) is 0.749. The number of methoxy groups -OCH3 is 1. The molecule has 2 aromatic carbocycles. The Morgan fingerprint density at radius 3 is 2.75 bits per heavy atom. The standard InChI is InChI=1S/C21H16N2O5/c1-27-18-11-13(8-9-15(18)21(25)26)20(24)23-12-14-5-4-10-22-19(14)28-17-7-3-2-6-16(17)23/h2-11H,12H2,1H3,(H,25,26). The molecule has 140 valence electrons. The maximum absolute atomic E-state index is 13.3. The maximum atomic E-state index is 13.3. The van der Waals surface area contributed by atoms with Gasteiger partial charge in [0.2, 0.25) is 5.88 Å². The van der Waals surface area contributed by atoms with Crippen molar-refractivity contribution in [3.63, 3.8) is 0 Å².